The summed E-state index contributed by atoms with van der Waals surface area (Å²) in [4.78, 5) is 16.8. The van der Waals surface area contributed by atoms with Gasteiger partial charge in [-0.3, -0.25) is 4.79 Å². The number of aromatic nitrogens is 2. The lowest BCUT2D eigenvalue weighted by atomic mass is 10.1. The highest BCUT2D eigenvalue weighted by Gasteiger charge is 2.16. The minimum absolute atomic E-state index is 0.211. The Morgan fingerprint density at radius 1 is 1.43 bits per heavy atom. The SMILES string of the molecule is Cc1ccc2sc(C(=O)NCc3noc(C)n3)c(N)c2c1. The number of hydrogen-bond donors (Lipinski definition) is 2. The highest BCUT2D eigenvalue weighted by molar-refractivity contribution is 7.21. The lowest BCUT2D eigenvalue weighted by Crippen LogP contribution is -2.23. The summed E-state index contributed by atoms with van der Waals surface area (Å²) in [6.07, 6.45) is 0. The van der Waals surface area contributed by atoms with Crippen LogP contribution in [0.5, 0.6) is 0 Å². The first-order chi connectivity index (χ1) is 10.0. The maximum atomic E-state index is 12.2. The van der Waals surface area contributed by atoms with Gasteiger partial charge >= 0.3 is 0 Å². The molecule has 1 aromatic carbocycles. The summed E-state index contributed by atoms with van der Waals surface area (Å²) in [5.74, 6) is 0.682. The standard InChI is InChI=1S/C14H14N4O2S/c1-7-3-4-10-9(5-7)12(15)13(21-10)14(19)16-6-11-17-8(2)20-18-11/h3-5H,6,15H2,1-2H3,(H,16,19). The van der Waals surface area contributed by atoms with Crippen LogP contribution >= 0.6 is 11.3 Å². The molecule has 0 bridgehead atoms. The first kappa shape index (κ1) is 13.6. The van der Waals surface area contributed by atoms with Crippen LogP contribution in [-0.2, 0) is 6.54 Å². The molecule has 2 aromatic heterocycles. The van der Waals surface area contributed by atoms with Crippen molar-refractivity contribution in [1.82, 2.24) is 15.5 Å². The molecule has 0 atom stereocenters. The fraction of sp³-hybridized carbons (Fsp3) is 0.214. The number of carbonyl (C=O) groups excluding carboxylic acids is 1. The largest absolute Gasteiger partial charge is 0.397 e. The Morgan fingerprint density at radius 3 is 2.95 bits per heavy atom. The average Bonchev–Trinajstić information content (AvgIpc) is 3.01. The summed E-state index contributed by atoms with van der Waals surface area (Å²) in [5.41, 5.74) is 7.71. The van der Waals surface area contributed by atoms with Gasteiger partial charge in [-0.25, -0.2) is 0 Å². The Kier molecular flexibility index (Phi) is 3.34. The third-order valence-corrected chi connectivity index (χ3v) is 4.25. The van der Waals surface area contributed by atoms with E-state index in [-0.39, 0.29) is 12.5 Å². The van der Waals surface area contributed by atoms with Gasteiger partial charge in [-0.15, -0.1) is 11.3 Å². The molecule has 7 heteroatoms. The maximum Gasteiger partial charge on any atom is 0.263 e. The van der Waals surface area contributed by atoms with E-state index in [9.17, 15) is 4.79 Å². The van der Waals surface area contributed by atoms with E-state index >= 15 is 0 Å². The fourth-order valence-electron chi connectivity index (χ4n) is 2.05. The molecule has 0 spiro atoms. The van der Waals surface area contributed by atoms with Crippen molar-refractivity contribution in [2.45, 2.75) is 20.4 Å². The molecule has 3 aromatic rings. The number of nitrogens with zero attached hydrogens (tertiary/aromatic N) is 2. The molecule has 1 amide bonds. The Balaban J connectivity index is 1.82. The number of aryl methyl sites for hydroxylation is 2. The van der Waals surface area contributed by atoms with Gasteiger partial charge < -0.3 is 15.6 Å². The Labute approximate surface area is 125 Å². The van der Waals surface area contributed by atoms with Crippen LogP contribution < -0.4 is 11.1 Å². The van der Waals surface area contributed by atoms with Crippen molar-refractivity contribution in [3.63, 3.8) is 0 Å². The number of nitrogens with one attached hydrogen (secondary N) is 1. The molecule has 0 saturated carbocycles. The molecule has 3 N–H and O–H groups in total. The molecule has 3 rings (SSSR count). The van der Waals surface area contributed by atoms with Crippen LogP contribution in [0.2, 0.25) is 0 Å². The summed E-state index contributed by atoms with van der Waals surface area (Å²) >= 11 is 1.38. The molecule has 0 saturated heterocycles. The number of hydrogen-bond acceptors (Lipinski definition) is 6. The third-order valence-electron chi connectivity index (χ3n) is 3.06. The van der Waals surface area contributed by atoms with E-state index in [0.29, 0.717) is 22.3 Å². The summed E-state index contributed by atoms with van der Waals surface area (Å²) in [6, 6.07) is 5.97. The molecule has 21 heavy (non-hydrogen) atoms. The van der Waals surface area contributed by atoms with E-state index < -0.39 is 0 Å². The van der Waals surface area contributed by atoms with E-state index in [2.05, 4.69) is 15.5 Å². The third kappa shape index (κ3) is 2.59. The predicted molar refractivity (Wildman–Crippen MR) is 81.2 cm³/mol. The average molecular weight is 302 g/mol. The smallest absolute Gasteiger partial charge is 0.263 e. The molecule has 0 aliphatic heterocycles. The zero-order valence-corrected chi connectivity index (χ0v) is 12.5. The van der Waals surface area contributed by atoms with Crippen molar-refractivity contribution < 1.29 is 9.32 Å². The number of nitrogens with two attached hydrogens (primary N) is 1. The molecule has 0 fully saturated rings. The number of thiophene rings is 1. The van der Waals surface area contributed by atoms with E-state index in [1.54, 1.807) is 6.92 Å². The molecule has 0 unspecified atom stereocenters. The molecule has 0 aliphatic carbocycles. The maximum absolute atomic E-state index is 12.2. The quantitative estimate of drug-likeness (QED) is 0.775. The van der Waals surface area contributed by atoms with Gasteiger partial charge in [-0.2, -0.15) is 4.98 Å². The topological polar surface area (TPSA) is 94.0 Å². The molecule has 6 nitrogen and oxygen atoms in total. The van der Waals surface area contributed by atoms with Gasteiger partial charge in [0.1, 0.15) is 4.88 Å². The Hall–Kier alpha value is -2.41. The number of carbonyl (C=O) groups is 1. The molecule has 0 aliphatic rings. The molecule has 2 heterocycles. The zero-order valence-electron chi connectivity index (χ0n) is 11.6. The van der Waals surface area contributed by atoms with Crippen LogP contribution in [0.25, 0.3) is 10.1 Å². The number of anilines is 1. The Morgan fingerprint density at radius 2 is 2.24 bits per heavy atom. The van der Waals surface area contributed by atoms with Crippen molar-refractivity contribution in [2.24, 2.45) is 0 Å². The van der Waals surface area contributed by atoms with Gasteiger partial charge in [0.15, 0.2) is 5.82 Å². The number of nitrogen functional groups attached to an aromatic ring is 1. The summed E-state index contributed by atoms with van der Waals surface area (Å²) in [5, 5.41) is 7.40. The second-order valence-electron chi connectivity index (χ2n) is 4.76. The van der Waals surface area contributed by atoms with Crippen LogP contribution in [0.1, 0.15) is 27.0 Å². The normalized spacial score (nSPS) is 11.0. The summed E-state index contributed by atoms with van der Waals surface area (Å²) in [6.45, 7) is 3.91. The van der Waals surface area contributed by atoms with Gasteiger partial charge in [0.2, 0.25) is 5.89 Å². The van der Waals surface area contributed by atoms with Crippen LogP contribution in [0.4, 0.5) is 5.69 Å². The summed E-state index contributed by atoms with van der Waals surface area (Å²) < 4.78 is 5.85. The zero-order chi connectivity index (χ0) is 15.0. The second kappa shape index (κ2) is 5.17. The first-order valence-electron chi connectivity index (χ1n) is 6.40. The van der Waals surface area contributed by atoms with Crippen LogP contribution in [0.15, 0.2) is 22.7 Å². The van der Waals surface area contributed by atoms with Crippen LogP contribution in [0.3, 0.4) is 0 Å². The van der Waals surface area contributed by atoms with E-state index in [4.69, 9.17) is 10.3 Å². The predicted octanol–water partition coefficient (Wildman–Crippen LogP) is 2.41. The highest BCUT2D eigenvalue weighted by Crippen LogP contribution is 2.34. The van der Waals surface area contributed by atoms with Crippen LogP contribution in [0, 0.1) is 13.8 Å². The van der Waals surface area contributed by atoms with Gasteiger partial charge in [0, 0.05) is 17.0 Å². The van der Waals surface area contributed by atoms with Gasteiger partial charge in [0.05, 0.1) is 12.2 Å². The van der Waals surface area contributed by atoms with Gasteiger partial charge in [-0.05, 0) is 19.1 Å². The molecule has 0 radical (unpaired) electrons. The summed E-state index contributed by atoms with van der Waals surface area (Å²) in [7, 11) is 0. The van der Waals surface area contributed by atoms with E-state index in [0.717, 1.165) is 15.6 Å². The number of fused-ring (bicyclic) bond motifs is 1. The van der Waals surface area contributed by atoms with Crippen molar-refractivity contribution in [1.29, 1.82) is 0 Å². The highest BCUT2D eigenvalue weighted by atomic mass is 32.1. The van der Waals surface area contributed by atoms with E-state index in [1.807, 2.05) is 25.1 Å². The van der Waals surface area contributed by atoms with Crippen molar-refractivity contribution in [3.05, 3.63) is 40.4 Å². The minimum Gasteiger partial charge on any atom is -0.397 e. The van der Waals surface area contributed by atoms with Crippen molar-refractivity contribution in [2.75, 3.05) is 5.73 Å². The first-order valence-corrected chi connectivity index (χ1v) is 7.22. The van der Waals surface area contributed by atoms with E-state index in [1.165, 1.54) is 11.3 Å². The van der Waals surface area contributed by atoms with Crippen molar-refractivity contribution in [3.8, 4) is 0 Å². The lowest BCUT2D eigenvalue weighted by Gasteiger charge is -2.01. The fourth-order valence-corrected chi connectivity index (χ4v) is 3.07. The van der Waals surface area contributed by atoms with Gasteiger partial charge in [-0.1, -0.05) is 16.8 Å². The number of amides is 1. The Bertz CT molecular complexity index is 822. The minimum atomic E-state index is -0.228. The van der Waals surface area contributed by atoms with Crippen molar-refractivity contribution >= 4 is 33.0 Å². The lowest BCUT2D eigenvalue weighted by molar-refractivity contribution is 0.0954. The van der Waals surface area contributed by atoms with Gasteiger partial charge in [0.25, 0.3) is 5.91 Å². The second-order valence-corrected chi connectivity index (χ2v) is 5.81. The molecular formula is C14H14N4O2S. The molecule has 108 valence electrons. The van der Waals surface area contributed by atoms with Crippen LogP contribution in [-0.4, -0.2) is 16.0 Å². The monoisotopic (exact) mass is 302 g/mol. The number of benzene rings is 1. The molecular weight excluding hydrogens is 288 g/mol. The number of rotatable bonds is 3.